The van der Waals surface area contributed by atoms with Crippen LogP contribution in [0.3, 0.4) is 0 Å². The largest absolute Gasteiger partial charge is 0.316 e. The molecule has 0 spiro atoms. The normalized spacial score (nSPS) is 19.3. The summed E-state index contributed by atoms with van der Waals surface area (Å²) in [4.78, 5) is 19.3. The molecule has 0 saturated carbocycles. The minimum absolute atomic E-state index is 0.102. The van der Waals surface area contributed by atoms with Gasteiger partial charge in [-0.25, -0.2) is 9.97 Å². The Hall–Kier alpha value is -0.910. The molecule has 1 unspecified atom stereocenters. The monoisotopic (exact) mass is 274 g/mol. The lowest BCUT2D eigenvalue weighted by Crippen LogP contribution is -2.19. The minimum atomic E-state index is -0.102. The third-order valence-electron chi connectivity index (χ3n) is 2.64. The first-order valence-electron chi connectivity index (χ1n) is 5.33. The molecule has 1 aromatic rings. The van der Waals surface area contributed by atoms with Gasteiger partial charge in [0, 0.05) is 6.42 Å². The van der Waals surface area contributed by atoms with E-state index in [2.05, 4.69) is 20.6 Å². The second kappa shape index (κ2) is 5.62. The Kier molecular flexibility index (Phi) is 4.15. The summed E-state index contributed by atoms with van der Waals surface area (Å²) in [6, 6.07) is 0. The van der Waals surface area contributed by atoms with Crippen LogP contribution in [0.2, 0.25) is 10.2 Å². The molecule has 0 aromatic carbocycles. The number of amides is 1. The zero-order chi connectivity index (χ0) is 12.3. The van der Waals surface area contributed by atoms with Crippen molar-refractivity contribution in [1.29, 1.82) is 0 Å². The Balaban J connectivity index is 1.95. The molecule has 1 atom stereocenters. The maximum Gasteiger partial charge on any atom is 0.225 e. The molecule has 92 valence electrons. The van der Waals surface area contributed by atoms with Crippen molar-refractivity contribution in [3.63, 3.8) is 0 Å². The Bertz CT molecular complexity index is 421. The van der Waals surface area contributed by atoms with E-state index >= 15 is 0 Å². The molecule has 2 heterocycles. The molecule has 1 aliphatic rings. The third-order valence-corrected chi connectivity index (χ3v) is 3.38. The minimum Gasteiger partial charge on any atom is -0.316 e. The Morgan fingerprint density at radius 3 is 3.06 bits per heavy atom. The molecule has 0 aliphatic carbocycles. The van der Waals surface area contributed by atoms with Gasteiger partial charge in [0.15, 0.2) is 11.0 Å². The summed E-state index contributed by atoms with van der Waals surface area (Å²) in [6.07, 6.45) is 2.75. The standard InChI is InChI=1S/C10H12Cl2N4O/c11-8-9(12)14-5-15-10(8)16-7(17)3-6-1-2-13-4-6/h5-6,13H,1-4H2,(H,14,15,16,17). The van der Waals surface area contributed by atoms with E-state index in [9.17, 15) is 4.79 Å². The maximum absolute atomic E-state index is 11.7. The van der Waals surface area contributed by atoms with Gasteiger partial charge < -0.3 is 10.6 Å². The first-order chi connectivity index (χ1) is 8.16. The third kappa shape index (κ3) is 3.28. The van der Waals surface area contributed by atoms with Crippen LogP contribution in [-0.2, 0) is 4.79 Å². The van der Waals surface area contributed by atoms with Gasteiger partial charge in [0.25, 0.3) is 0 Å². The number of carbonyl (C=O) groups is 1. The van der Waals surface area contributed by atoms with Crippen LogP contribution < -0.4 is 10.6 Å². The van der Waals surface area contributed by atoms with Gasteiger partial charge >= 0.3 is 0 Å². The predicted octanol–water partition coefficient (Wildman–Crippen LogP) is 1.72. The summed E-state index contributed by atoms with van der Waals surface area (Å²) < 4.78 is 0. The van der Waals surface area contributed by atoms with E-state index in [0.29, 0.717) is 12.3 Å². The summed E-state index contributed by atoms with van der Waals surface area (Å²) in [7, 11) is 0. The lowest BCUT2D eigenvalue weighted by molar-refractivity contribution is -0.117. The fourth-order valence-electron chi connectivity index (χ4n) is 1.77. The average Bonchev–Trinajstić information content (AvgIpc) is 2.77. The SMILES string of the molecule is O=C(CC1CCNC1)Nc1ncnc(Cl)c1Cl. The highest BCUT2D eigenvalue weighted by Crippen LogP contribution is 2.25. The smallest absolute Gasteiger partial charge is 0.225 e. The van der Waals surface area contributed by atoms with Crippen molar-refractivity contribution in [2.45, 2.75) is 12.8 Å². The highest BCUT2D eigenvalue weighted by Gasteiger charge is 2.19. The van der Waals surface area contributed by atoms with Crippen LogP contribution in [0.25, 0.3) is 0 Å². The Morgan fingerprint density at radius 2 is 2.35 bits per heavy atom. The highest BCUT2D eigenvalue weighted by atomic mass is 35.5. The fourth-order valence-corrected chi connectivity index (χ4v) is 2.05. The highest BCUT2D eigenvalue weighted by molar-refractivity contribution is 6.42. The van der Waals surface area contributed by atoms with Crippen molar-refractivity contribution in [2.24, 2.45) is 5.92 Å². The van der Waals surface area contributed by atoms with Crippen molar-refractivity contribution < 1.29 is 4.79 Å². The van der Waals surface area contributed by atoms with E-state index < -0.39 is 0 Å². The molecule has 17 heavy (non-hydrogen) atoms. The van der Waals surface area contributed by atoms with Gasteiger partial charge in [0.05, 0.1) is 0 Å². The van der Waals surface area contributed by atoms with Crippen LogP contribution in [-0.4, -0.2) is 29.0 Å². The molecule has 2 rings (SSSR count). The van der Waals surface area contributed by atoms with E-state index in [0.717, 1.165) is 19.5 Å². The zero-order valence-electron chi connectivity index (χ0n) is 9.04. The molecule has 0 radical (unpaired) electrons. The number of aromatic nitrogens is 2. The summed E-state index contributed by atoms with van der Waals surface area (Å²) in [5.74, 6) is 0.545. The molecule has 1 fully saturated rings. The lowest BCUT2D eigenvalue weighted by Gasteiger charge is -2.09. The molecule has 1 aromatic heterocycles. The second-order valence-electron chi connectivity index (χ2n) is 3.94. The van der Waals surface area contributed by atoms with Crippen molar-refractivity contribution in [3.05, 3.63) is 16.5 Å². The summed E-state index contributed by atoms with van der Waals surface area (Å²) in [6.45, 7) is 1.85. The number of halogens is 2. The van der Waals surface area contributed by atoms with Crippen molar-refractivity contribution in [3.8, 4) is 0 Å². The molecule has 7 heteroatoms. The summed E-state index contributed by atoms with van der Waals surface area (Å²) >= 11 is 11.6. The lowest BCUT2D eigenvalue weighted by atomic mass is 10.0. The van der Waals surface area contributed by atoms with Gasteiger partial charge in [-0.3, -0.25) is 4.79 Å². The van der Waals surface area contributed by atoms with Gasteiger partial charge in [-0.05, 0) is 25.4 Å². The van der Waals surface area contributed by atoms with Gasteiger partial charge in [-0.1, -0.05) is 23.2 Å². The summed E-state index contributed by atoms with van der Waals surface area (Å²) in [5.41, 5.74) is 0. The molecular weight excluding hydrogens is 263 g/mol. The summed E-state index contributed by atoms with van der Waals surface area (Å²) in [5, 5.41) is 6.16. The predicted molar refractivity (Wildman–Crippen MR) is 66.3 cm³/mol. The number of carbonyl (C=O) groups excluding carboxylic acids is 1. The number of nitrogens with zero attached hydrogens (tertiary/aromatic N) is 2. The average molecular weight is 275 g/mol. The number of anilines is 1. The van der Waals surface area contributed by atoms with E-state index in [1.54, 1.807) is 0 Å². The van der Waals surface area contributed by atoms with E-state index in [1.807, 2.05) is 0 Å². The van der Waals surface area contributed by atoms with Gasteiger partial charge in [0.2, 0.25) is 5.91 Å². The fraction of sp³-hybridized carbons (Fsp3) is 0.500. The quantitative estimate of drug-likeness (QED) is 0.824. The van der Waals surface area contributed by atoms with Crippen LogP contribution in [0.15, 0.2) is 6.33 Å². The van der Waals surface area contributed by atoms with Crippen molar-refractivity contribution >= 4 is 34.9 Å². The number of rotatable bonds is 3. The van der Waals surface area contributed by atoms with Crippen LogP contribution in [0.4, 0.5) is 5.82 Å². The van der Waals surface area contributed by atoms with E-state index in [-0.39, 0.29) is 21.9 Å². The second-order valence-corrected chi connectivity index (χ2v) is 4.67. The molecule has 1 saturated heterocycles. The van der Waals surface area contributed by atoms with E-state index in [4.69, 9.17) is 23.2 Å². The van der Waals surface area contributed by atoms with Crippen LogP contribution in [0.1, 0.15) is 12.8 Å². The van der Waals surface area contributed by atoms with Gasteiger partial charge in [0.1, 0.15) is 11.3 Å². The number of nitrogens with one attached hydrogen (secondary N) is 2. The van der Waals surface area contributed by atoms with Crippen LogP contribution >= 0.6 is 23.2 Å². The Labute approximate surface area is 109 Å². The molecular formula is C10H12Cl2N4O. The first kappa shape index (κ1) is 12.5. The molecule has 1 amide bonds. The molecule has 0 bridgehead atoms. The van der Waals surface area contributed by atoms with Crippen molar-refractivity contribution in [2.75, 3.05) is 18.4 Å². The van der Waals surface area contributed by atoms with Gasteiger partial charge in [-0.2, -0.15) is 0 Å². The first-order valence-corrected chi connectivity index (χ1v) is 6.09. The topological polar surface area (TPSA) is 66.9 Å². The van der Waals surface area contributed by atoms with Crippen LogP contribution in [0, 0.1) is 5.92 Å². The number of hydrogen-bond acceptors (Lipinski definition) is 4. The number of hydrogen-bond donors (Lipinski definition) is 2. The molecule has 2 N–H and O–H groups in total. The van der Waals surface area contributed by atoms with Crippen LogP contribution in [0.5, 0.6) is 0 Å². The molecule has 5 nitrogen and oxygen atoms in total. The van der Waals surface area contributed by atoms with E-state index in [1.165, 1.54) is 6.33 Å². The Morgan fingerprint density at radius 1 is 1.53 bits per heavy atom. The molecule has 1 aliphatic heterocycles. The maximum atomic E-state index is 11.7. The van der Waals surface area contributed by atoms with Crippen molar-refractivity contribution in [1.82, 2.24) is 15.3 Å². The zero-order valence-corrected chi connectivity index (χ0v) is 10.6. The van der Waals surface area contributed by atoms with Gasteiger partial charge in [-0.15, -0.1) is 0 Å².